The number of piperazine rings is 1. The van der Waals surface area contributed by atoms with Crippen LogP contribution in [0.1, 0.15) is 24.0 Å². The molecule has 2 rings (SSSR count). The van der Waals surface area contributed by atoms with Gasteiger partial charge in [-0.3, -0.25) is 9.59 Å². The van der Waals surface area contributed by atoms with Crippen LogP contribution in [0.2, 0.25) is 0 Å². The highest BCUT2D eigenvalue weighted by Crippen LogP contribution is 2.19. The molecule has 1 aromatic rings. The maximum Gasteiger partial charge on any atom is 0.224 e. The summed E-state index contributed by atoms with van der Waals surface area (Å²) in [4.78, 5) is 25.8. The summed E-state index contributed by atoms with van der Waals surface area (Å²) in [5.41, 5.74) is 2.94. The van der Waals surface area contributed by atoms with Crippen LogP contribution in [0.25, 0.3) is 0 Å². The average Bonchev–Trinajstić information content (AvgIpc) is 2.49. The number of anilines is 1. The lowest BCUT2D eigenvalue weighted by molar-refractivity contribution is -0.133. The summed E-state index contributed by atoms with van der Waals surface area (Å²) in [6.07, 6.45) is 0.507. The molecule has 0 bridgehead atoms. The number of benzene rings is 1. The van der Waals surface area contributed by atoms with Crippen molar-refractivity contribution in [3.8, 4) is 0 Å². The third-order valence-electron chi connectivity index (χ3n) is 3.78. The molecule has 0 spiro atoms. The number of carbonyl (C=O) groups excluding carboxylic acids is 2. The van der Waals surface area contributed by atoms with Gasteiger partial charge >= 0.3 is 0 Å². The molecule has 2 amide bonds. The highest BCUT2D eigenvalue weighted by atomic mass is 16.2. The highest BCUT2D eigenvalue weighted by molar-refractivity contribution is 5.94. The maximum atomic E-state index is 12.0. The van der Waals surface area contributed by atoms with Gasteiger partial charge in [0.05, 0.1) is 0 Å². The van der Waals surface area contributed by atoms with Gasteiger partial charge in [-0.2, -0.15) is 0 Å². The average molecular weight is 289 g/mol. The third kappa shape index (κ3) is 4.29. The quantitative estimate of drug-likeness (QED) is 0.882. The van der Waals surface area contributed by atoms with Crippen molar-refractivity contribution in [2.75, 3.05) is 31.5 Å². The van der Waals surface area contributed by atoms with Crippen molar-refractivity contribution in [1.82, 2.24) is 10.2 Å². The molecule has 1 fully saturated rings. The fraction of sp³-hybridized carbons (Fsp3) is 0.500. The molecular weight excluding hydrogens is 266 g/mol. The number of rotatable bonds is 4. The van der Waals surface area contributed by atoms with Crippen LogP contribution in [0.15, 0.2) is 18.2 Å². The zero-order valence-electron chi connectivity index (χ0n) is 12.7. The smallest absolute Gasteiger partial charge is 0.224 e. The molecule has 5 heteroatoms. The third-order valence-corrected chi connectivity index (χ3v) is 3.78. The molecule has 0 aromatic heterocycles. The Bertz CT molecular complexity index is 502. The molecule has 2 N–H and O–H groups in total. The van der Waals surface area contributed by atoms with E-state index in [1.54, 1.807) is 0 Å². The molecule has 1 aliphatic rings. The molecule has 1 aromatic carbocycles. The minimum atomic E-state index is -0.101. The molecule has 0 unspecified atom stereocenters. The summed E-state index contributed by atoms with van der Waals surface area (Å²) in [5.74, 6) is -0.0379. The maximum absolute atomic E-state index is 12.0. The predicted octanol–water partition coefficient (Wildman–Crippen LogP) is 1.45. The summed E-state index contributed by atoms with van der Waals surface area (Å²) in [6, 6.07) is 5.90. The summed E-state index contributed by atoms with van der Waals surface area (Å²) in [5, 5.41) is 6.12. The van der Waals surface area contributed by atoms with Gasteiger partial charge in [-0.05, 0) is 25.0 Å². The second-order valence-corrected chi connectivity index (χ2v) is 5.45. The lowest BCUT2D eigenvalue weighted by Crippen LogP contribution is -2.46. The van der Waals surface area contributed by atoms with Crippen LogP contribution in [0, 0.1) is 13.8 Å². The van der Waals surface area contributed by atoms with E-state index in [0.29, 0.717) is 0 Å². The topological polar surface area (TPSA) is 61.4 Å². The van der Waals surface area contributed by atoms with Crippen molar-refractivity contribution in [3.63, 3.8) is 0 Å². The van der Waals surface area contributed by atoms with Crippen LogP contribution in [-0.4, -0.2) is 42.9 Å². The molecule has 1 aliphatic heterocycles. The number of hydrogen-bond acceptors (Lipinski definition) is 3. The monoisotopic (exact) mass is 289 g/mol. The SMILES string of the molecule is Cc1cccc(C)c1NC(=O)CCC(=O)N1CCNCC1. The fourth-order valence-electron chi connectivity index (χ4n) is 2.51. The molecule has 0 atom stereocenters. The van der Waals surface area contributed by atoms with Gasteiger partial charge in [0, 0.05) is 44.7 Å². The van der Waals surface area contributed by atoms with Crippen LogP contribution in [0.4, 0.5) is 5.69 Å². The first-order valence-electron chi connectivity index (χ1n) is 7.42. The Balaban J connectivity index is 1.83. The Morgan fingerprint density at radius 3 is 2.38 bits per heavy atom. The second kappa shape index (κ2) is 7.22. The Labute approximate surface area is 125 Å². The van der Waals surface area contributed by atoms with Crippen molar-refractivity contribution < 1.29 is 9.59 Å². The second-order valence-electron chi connectivity index (χ2n) is 5.45. The Morgan fingerprint density at radius 1 is 1.14 bits per heavy atom. The Morgan fingerprint density at radius 2 is 1.76 bits per heavy atom. The fourth-order valence-corrected chi connectivity index (χ4v) is 2.51. The van der Waals surface area contributed by atoms with Gasteiger partial charge in [-0.1, -0.05) is 18.2 Å². The molecule has 0 saturated carbocycles. The van der Waals surface area contributed by atoms with Gasteiger partial charge in [-0.15, -0.1) is 0 Å². The standard InChI is InChI=1S/C16H23N3O2/c1-12-4-3-5-13(2)16(12)18-14(20)6-7-15(21)19-10-8-17-9-11-19/h3-5,17H,6-11H2,1-2H3,(H,18,20). The zero-order chi connectivity index (χ0) is 15.2. The van der Waals surface area contributed by atoms with E-state index < -0.39 is 0 Å². The lowest BCUT2D eigenvalue weighted by Gasteiger charge is -2.27. The molecule has 1 heterocycles. The summed E-state index contributed by atoms with van der Waals surface area (Å²) >= 11 is 0. The van der Waals surface area contributed by atoms with E-state index in [0.717, 1.165) is 43.0 Å². The largest absolute Gasteiger partial charge is 0.340 e. The molecule has 1 saturated heterocycles. The number of amides is 2. The molecular formula is C16H23N3O2. The minimum absolute atomic E-state index is 0.0631. The van der Waals surface area contributed by atoms with Crippen LogP contribution in [0.5, 0.6) is 0 Å². The van der Waals surface area contributed by atoms with Gasteiger partial charge in [-0.25, -0.2) is 0 Å². The van der Waals surface area contributed by atoms with Crippen LogP contribution < -0.4 is 10.6 Å². The molecule has 0 radical (unpaired) electrons. The van der Waals surface area contributed by atoms with Crippen molar-refractivity contribution in [1.29, 1.82) is 0 Å². The summed E-state index contributed by atoms with van der Waals surface area (Å²) in [6.45, 7) is 7.07. The number of carbonyl (C=O) groups is 2. The Hall–Kier alpha value is -1.88. The van der Waals surface area contributed by atoms with Crippen molar-refractivity contribution in [2.24, 2.45) is 0 Å². The van der Waals surface area contributed by atoms with Crippen LogP contribution in [-0.2, 0) is 9.59 Å². The van der Waals surface area contributed by atoms with Crippen molar-refractivity contribution >= 4 is 17.5 Å². The van der Waals surface area contributed by atoms with Crippen LogP contribution in [0.3, 0.4) is 0 Å². The number of nitrogens with zero attached hydrogens (tertiary/aromatic N) is 1. The van der Waals surface area contributed by atoms with E-state index in [4.69, 9.17) is 0 Å². The van der Waals surface area contributed by atoms with Crippen molar-refractivity contribution in [2.45, 2.75) is 26.7 Å². The molecule has 114 valence electrons. The molecule has 0 aliphatic carbocycles. The highest BCUT2D eigenvalue weighted by Gasteiger charge is 2.17. The Kier molecular flexibility index (Phi) is 5.33. The first-order valence-corrected chi connectivity index (χ1v) is 7.42. The van der Waals surface area contributed by atoms with Gasteiger partial charge in [0.15, 0.2) is 0 Å². The van der Waals surface area contributed by atoms with E-state index in [1.165, 1.54) is 0 Å². The number of hydrogen-bond donors (Lipinski definition) is 2. The van der Waals surface area contributed by atoms with Crippen LogP contribution >= 0.6 is 0 Å². The van der Waals surface area contributed by atoms with E-state index in [-0.39, 0.29) is 24.7 Å². The van der Waals surface area contributed by atoms with Gasteiger partial charge < -0.3 is 15.5 Å². The number of aryl methyl sites for hydroxylation is 2. The van der Waals surface area contributed by atoms with E-state index >= 15 is 0 Å². The predicted molar refractivity (Wildman–Crippen MR) is 83.2 cm³/mol. The first-order chi connectivity index (χ1) is 10.1. The minimum Gasteiger partial charge on any atom is -0.340 e. The molecule has 5 nitrogen and oxygen atoms in total. The van der Waals surface area contributed by atoms with E-state index in [2.05, 4.69) is 10.6 Å². The van der Waals surface area contributed by atoms with Gasteiger partial charge in [0.1, 0.15) is 0 Å². The van der Waals surface area contributed by atoms with Gasteiger partial charge in [0.25, 0.3) is 0 Å². The van der Waals surface area contributed by atoms with Crippen molar-refractivity contribution in [3.05, 3.63) is 29.3 Å². The van der Waals surface area contributed by atoms with Gasteiger partial charge in [0.2, 0.25) is 11.8 Å². The summed E-state index contributed by atoms with van der Waals surface area (Å²) < 4.78 is 0. The first kappa shape index (κ1) is 15.5. The number of nitrogens with one attached hydrogen (secondary N) is 2. The normalized spacial score (nSPS) is 14.9. The van der Waals surface area contributed by atoms with E-state index in [1.807, 2.05) is 36.9 Å². The summed E-state index contributed by atoms with van der Waals surface area (Å²) in [7, 11) is 0. The number of para-hydroxylation sites is 1. The lowest BCUT2D eigenvalue weighted by atomic mass is 10.1. The molecule has 21 heavy (non-hydrogen) atoms. The zero-order valence-corrected chi connectivity index (χ0v) is 12.7. The van der Waals surface area contributed by atoms with E-state index in [9.17, 15) is 9.59 Å².